The van der Waals surface area contributed by atoms with E-state index in [-0.39, 0.29) is 23.9 Å². The van der Waals surface area contributed by atoms with E-state index in [1.165, 1.54) is 29.2 Å². The van der Waals surface area contributed by atoms with E-state index in [4.69, 9.17) is 21.1 Å². The van der Waals surface area contributed by atoms with Gasteiger partial charge in [-0.05, 0) is 45.0 Å². The highest BCUT2D eigenvalue weighted by Crippen LogP contribution is 2.25. The van der Waals surface area contributed by atoms with E-state index in [0.717, 1.165) is 0 Å². The first-order valence-electron chi connectivity index (χ1n) is 7.23. The van der Waals surface area contributed by atoms with Gasteiger partial charge in [-0.25, -0.2) is 14.0 Å². The summed E-state index contributed by atoms with van der Waals surface area (Å²) in [5.74, 6) is -1.99. The average molecular weight is 344 g/mol. The fraction of sp³-hybridized carbons (Fsp3) is 0.375. The molecule has 0 heterocycles. The molecule has 0 N–H and O–H groups in total. The molecule has 0 aliphatic rings. The van der Waals surface area contributed by atoms with Crippen molar-refractivity contribution in [2.24, 2.45) is 0 Å². The van der Waals surface area contributed by atoms with Gasteiger partial charge in [0.15, 0.2) is 10.7 Å². The molecule has 0 aliphatic heterocycles. The highest BCUT2D eigenvalue weighted by atomic mass is 35.5. The maximum absolute atomic E-state index is 13.1. The minimum absolute atomic E-state index is 0.119. The molecule has 0 aromatic heterocycles. The Morgan fingerprint density at radius 2 is 1.57 bits per heavy atom. The highest BCUT2D eigenvalue weighted by Gasteiger charge is 2.27. The molecule has 0 saturated heterocycles. The Labute approximate surface area is 139 Å². The summed E-state index contributed by atoms with van der Waals surface area (Å²) in [6.07, 6.45) is 0. The van der Waals surface area contributed by atoms with Gasteiger partial charge in [0.1, 0.15) is 5.82 Å². The zero-order chi connectivity index (χ0) is 17.4. The highest BCUT2D eigenvalue weighted by molar-refractivity contribution is 6.43. The van der Waals surface area contributed by atoms with Crippen molar-refractivity contribution in [2.45, 2.75) is 20.8 Å². The molecule has 23 heavy (non-hydrogen) atoms. The molecule has 0 bridgehead atoms. The third kappa shape index (κ3) is 4.96. The van der Waals surface area contributed by atoms with Crippen LogP contribution in [0.1, 0.15) is 20.8 Å². The third-order valence-corrected chi connectivity index (χ3v) is 3.19. The number of nitrogens with zero attached hydrogens (tertiary/aromatic N) is 1. The first-order valence-corrected chi connectivity index (χ1v) is 7.61. The van der Waals surface area contributed by atoms with E-state index >= 15 is 0 Å². The number of ether oxygens (including phenoxy) is 2. The largest absolute Gasteiger partial charge is 0.462 e. The molecular formula is C16H19ClFNO4. The van der Waals surface area contributed by atoms with Crippen molar-refractivity contribution in [2.75, 3.05) is 24.7 Å². The fourth-order valence-corrected chi connectivity index (χ4v) is 2.13. The summed E-state index contributed by atoms with van der Waals surface area (Å²) in [6.45, 7) is 5.59. The van der Waals surface area contributed by atoms with Gasteiger partial charge in [0, 0.05) is 12.2 Å². The van der Waals surface area contributed by atoms with Crippen molar-refractivity contribution < 1.29 is 23.5 Å². The van der Waals surface area contributed by atoms with Crippen molar-refractivity contribution in [1.29, 1.82) is 0 Å². The van der Waals surface area contributed by atoms with Crippen LogP contribution >= 0.6 is 11.6 Å². The lowest BCUT2D eigenvalue weighted by Crippen LogP contribution is -2.31. The molecule has 1 aromatic carbocycles. The summed E-state index contributed by atoms with van der Waals surface area (Å²) < 4.78 is 22.9. The molecule has 0 unspecified atom stereocenters. The van der Waals surface area contributed by atoms with E-state index < -0.39 is 17.8 Å². The van der Waals surface area contributed by atoms with Gasteiger partial charge in [-0.1, -0.05) is 11.6 Å². The zero-order valence-corrected chi connectivity index (χ0v) is 14.0. The molecule has 0 amide bonds. The molecule has 126 valence electrons. The van der Waals surface area contributed by atoms with Crippen LogP contribution in [-0.2, 0) is 19.1 Å². The molecule has 0 saturated carbocycles. The van der Waals surface area contributed by atoms with Crippen molar-refractivity contribution >= 4 is 29.2 Å². The number of rotatable bonds is 7. The monoisotopic (exact) mass is 343 g/mol. The maximum Gasteiger partial charge on any atom is 0.356 e. The van der Waals surface area contributed by atoms with Crippen LogP contribution in [0, 0.1) is 5.82 Å². The Balaban J connectivity index is 3.35. The zero-order valence-electron chi connectivity index (χ0n) is 13.3. The average Bonchev–Trinajstić information content (AvgIpc) is 2.53. The summed E-state index contributed by atoms with van der Waals surface area (Å²) in [5.41, 5.74) is 0.362. The smallest absolute Gasteiger partial charge is 0.356 e. The number of anilines is 1. The molecule has 0 fully saturated rings. The Morgan fingerprint density at radius 1 is 1.04 bits per heavy atom. The van der Waals surface area contributed by atoms with Gasteiger partial charge in [0.25, 0.3) is 0 Å². The van der Waals surface area contributed by atoms with E-state index in [1.807, 2.05) is 0 Å². The number of carbonyl (C=O) groups excluding carboxylic acids is 2. The van der Waals surface area contributed by atoms with Gasteiger partial charge in [-0.3, -0.25) is 0 Å². The van der Waals surface area contributed by atoms with E-state index in [9.17, 15) is 14.0 Å². The maximum atomic E-state index is 13.1. The van der Waals surface area contributed by atoms with Crippen molar-refractivity contribution in [3.63, 3.8) is 0 Å². The van der Waals surface area contributed by atoms with E-state index in [1.54, 1.807) is 20.8 Å². The summed E-state index contributed by atoms with van der Waals surface area (Å²) >= 11 is 6.05. The number of carbonyl (C=O) groups is 2. The fourth-order valence-electron chi connectivity index (χ4n) is 1.90. The van der Waals surface area contributed by atoms with Crippen LogP contribution in [0.15, 0.2) is 35.0 Å². The van der Waals surface area contributed by atoms with Crippen LogP contribution in [0.5, 0.6) is 0 Å². The minimum atomic E-state index is -0.821. The van der Waals surface area contributed by atoms with Gasteiger partial charge in [-0.2, -0.15) is 0 Å². The van der Waals surface area contributed by atoms with Crippen LogP contribution in [0.4, 0.5) is 10.1 Å². The Morgan fingerprint density at radius 3 is 2.04 bits per heavy atom. The lowest BCUT2D eigenvalue weighted by Gasteiger charge is -2.25. The number of halogens is 2. The first-order chi connectivity index (χ1) is 11.0. The SMILES string of the molecule is CCOC(=O)C(Cl)=C(C(=O)OCC)N(CC)c1ccc(F)cc1. The molecule has 7 heteroatoms. The normalized spacial score (nSPS) is 11.5. The second-order valence-electron chi connectivity index (χ2n) is 4.32. The Hall–Kier alpha value is -2.08. The lowest BCUT2D eigenvalue weighted by molar-refractivity contribution is -0.141. The topological polar surface area (TPSA) is 55.8 Å². The standard InChI is InChI=1S/C16H19ClFNO4/c1-4-19(12-9-7-11(18)8-10-12)14(16(21)23-6-3)13(17)15(20)22-5-2/h7-10H,4-6H2,1-3H3. The number of likely N-dealkylation sites (N-methyl/N-ethyl adjacent to an activating group) is 1. The molecule has 1 aromatic rings. The van der Waals surface area contributed by atoms with Crippen LogP contribution in [0.3, 0.4) is 0 Å². The van der Waals surface area contributed by atoms with Crippen LogP contribution in [-0.4, -0.2) is 31.7 Å². The molecular weight excluding hydrogens is 325 g/mol. The molecule has 0 radical (unpaired) electrons. The van der Waals surface area contributed by atoms with Crippen molar-refractivity contribution in [1.82, 2.24) is 0 Å². The number of esters is 2. The predicted molar refractivity (Wildman–Crippen MR) is 85.6 cm³/mol. The summed E-state index contributed by atoms with van der Waals surface area (Å²) in [5, 5.41) is -0.378. The molecule has 1 rings (SSSR count). The van der Waals surface area contributed by atoms with Crippen LogP contribution in [0.25, 0.3) is 0 Å². The molecule has 0 atom stereocenters. The second kappa shape index (κ2) is 9.15. The Bertz CT molecular complexity index is 586. The first kappa shape index (κ1) is 19.0. The van der Waals surface area contributed by atoms with Gasteiger partial charge >= 0.3 is 11.9 Å². The summed E-state index contributed by atoms with van der Waals surface area (Å²) in [6, 6.07) is 5.46. The van der Waals surface area contributed by atoms with Gasteiger partial charge in [-0.15, -0.1) is 0 Å². The van der Waals surface area contributed by atoms with Gasteiger partial charge in [0.05, 0.1) is 13.2 Å². The second-order valence-corrected chi connectivity index (χ2v) is 4.70. The van der Waals surface area contributed by atoms with Crippen LogP contribution < -0.4 is 4.90 Å². The predicted octanol–water partition coefficient (Wildman–Crippen LogP) is 3.23. The van der Waals surface area contributed by atoms with Crippen molar-refractivity contribution in [3.8, 4) is 0 Å². The van der Waals surface area contributed by atoms with E-state index in [2.05, 4.69) is 0 Å². The minimum Gasteiger partial charge on any atom is -0.462 e. The third-order valence-electron chi connectivity index (χ3n) is 2.86. The number of hydrogen-bond acceptors (Lipinski definition) is 5. The lowest BCUT2D eigenvalue weighted by atomic mass is 10.2. The summed E-state index contributed by atoms with van der Waals surface area (Å²) in [7, 11) is 0. The van der Waals surface area contributed by atoms with Gasteiger partial charge < -0.3 is 14.4 Å². The number of hydrogen-bond donors (Lipinski definition) is 0. The summed E-state index contributed by atoms with van der Waals surface area (Å²) in [4.78, 5) is 25.6. The van der Waals surface area contributed by atoms with E-state index in [0.29, 0.717) is 12.2 Å². The molecule has 0 spiro atoms. The quantitative estimate of drug-likeness (QED) is 0.562. The van der Waals surface area contributed by atoms with Crippen LogP contribution in [0.2, 0.25) is 0 Å². The Kier molecular flexibility index (Phi) is 7.54. The van der Waals surface area contributed by atoms with Crippen molar-refractivity contribution in [3.05, 3.63) is 40.8 Å². The number of benzene rings is 1. The molecule has 0 aliphatic carbocycles. The molecule has 5 nitrogen and oxygen atoms in total. The van der Waals surface area contributed by atoms with Gasteiger partial charge in [0.2, 0.25) is 0 Å².